The first-order valence-corrected chi connectivity index (χ1v) is 7.95. The van der Waals surface area contributed by atoms with E-state index in [9.17, 15) is 8.42 Å². The number of quaternary nitrogens is 1. The third-order valence-electron chi connectivity index (χ3n) is 4.18. The number of hydrogen-bond donors (Lipinski definition) is 0. The maximum atomic E-state index is 11.3. The van der Waals surface area contributed by atoms with E-state index >= 15 is 0 Å². The quantitative estimate of drug-likeness (QED) is 0.471. The van der Waals surface area contributed by atoms with Crippen molar-refractivity contribution in [3.05, 3.63) is 0 Å². The highest BCUT2D eigenvalue weighted by atomic mass is 79.9. The zero-order valence-electron chi connectivity index (χ0n) is 8.02. The molecular weight excluding hydrogens is 266 g/mol. The molecular formula is C9H15BrNO2S+. The predicted octanol–water partition coefficient (Wildman–Crippen LogP) is 0.255. The smallest absolute Gasteiger partial charge is 0.161 e. The fourth-order valence-electron chi connectivity index (χ4n) is 3.08. The molecule has 2 saturated heterocycles. The molecule has 1 spiro atoms. The molecule has 3 rings (SSSR count). The van der Waals surface area contributed by atoms with Crippen LogP contribution in [0, 0.1) is 11.8 Å². The number of piperidine rings is 1. The van der Waals surface area contributed by atoms with E-state index in [1.807, 2.05) is 0 Å². The highest BCUT2D eigenvalue weighted by Crippen LogP contribution is 2.53. The summed E-state index contributed by atoms with van der Waals surface area (Å²) in [4.78, 5) is 0.741. The van der Waals surface area contributed by atoms with Gasteiger partial charge in [-0.05, 0) is 0 Å². The fourth-order valence-corrected chi connectivity index (χ4v) is 5.56. The average molecular weight is 281 g/mol. The molecule has 1 unspecified atom stereocenters. The molecule has 3 nitrogen and oxygen atoms in total. The van der Waals surface area contributed by atoms with Gasteiger partial charge in [-0.3, -0.25) is 0 Å². The maximum Gasteiger partial charge on any atom is 0.161 e. The summed E-state index contributed by atoms with van der Waals surface area (Å²) >= 11 is 3.67. The summed E-state index contributed by atoms with van der Waals surface area (Å²) in [6.45, 7) is 4.18. The third-order valence-corrected chi connectivity index (χ3v) is 7.14. The van der Waals surface area contributed by atoms with E-state index < -0.39 is 9.84 Å². The van der Waals surface area contributed by atoms with Gasteiger partial charge >= 0.3 is 0 Å². The van der Waals surface area contributed by atoms with Gasteiger partial charge in [0.15, 0.2) is 9.84 Å². The maximum absolute atomic E-state index is 11.3. The van der Waals surface area contributed by atoms with Crippen LogP contribution in [-0.4, -0.2) is 55.4 Å². The van der Waals surface area contributed by atoms with Crippen molar-refractivity contribution in [3.63, 3.8) is 0 Å². The van der Waals surface area contributed by atoms with Gasteiger partial charge in [0.2, 0.25) is 0 Å². The Morgan fingerprint density at radius 1 is 1.07 bits per heavy atom. The predicted molar refractivity (Wildman–Crippen MR) is 58.1 cm³/mol. The molecule has 80 valence electrons. The number of rotatable bonds is 0. The topological polar surface area (TPSA) is 34.1 Å². The van der Waals surface area contributed by atoms with Crippen molar-refractivity contribution in [2.75, 3.05) is 37.7 Å². The summed E-state index contributed by atoms with van der Waals surface area (Å²) in [5.74, 6) is 2.52. The second-order valence-corrected chi connectivity index (χ2v) is 8.44. The summed E-state index contributed by atoms with van der Waals surface area (Å²) in [7, 11) is -2.69. The van der Waals surface area contributed by atoms with Crippen LogP contribution < -0.4 is 0 Å². The SMILES string of the molecule is O=S1(=O)CC[N+]2(CC1)C[C@@H]1C(Br)[C@@H]1C2. The Balaban J connectivity index is 1.72. The summed E-state index contributed by atoms with van der Waals surface area (Å²) in [6.07, 6.45) is 0. The van der Waals surface area contributed by atoms with Gasteiger partial charge < -0.3 is 4.48 Å². The molecule has 0 N–H and O–H groups in total. The first kappa shape index (κ1) is 9.60. The molecule has 2 heterocycles. The van der Waals surface area contributed by atoms with E-state index in [0.717, 1.165) is 34.2 Å². The number of hydrogen-bond acceptors (Lipinski definition) is 2. The van der Waals surface area contributed by atoms with Crippen molar-refractivity contribution in [1.82, 2.24) is 0 Å². The van der Waals surface area contributed by atoms with Gasteiger partial charge in [-0.2, -0.15) is 0 Å². The molecule has 2 aliphatic heterocycles. The van der Waals surface area contributed by atoms with Gasteiger partial charge in [0.1, 0.15) is 0 Å². The molecule has 0 aromatic rings. The second-order valence-electron chi connectivity index (χ2n) is 5.08. The normalized spacial score (nSPS) is 47.6. The van der Waals surface area contributed by atoms with E-state index in [0.29, 0.717) is 11.5 Å². The van der Waals surface area contributed by atoms with Crippen molar-refractivity contribution in [2.24, 2.45) is 11.8 Å². The number of fused-ring (bicyclic) bond motifs is 1. The van der Waals surface area contributed by atoms with Gasteiger partial charge in [-0.25, -0.2) is 8.42 Å². The lowest BCUT2D eigenvalue weighted by Crippen LogP contribution is -2.56. The third kappa shape index (κ3) is 1.36. The van der Waals surface area contributed by atoms with Crippen LogP contribution in [0.15, 0.2) is 0 Å². The van der Waals surface area contributed by atoms with Crippen molar-refractivity contribution in [2.45, 2.75) is 4.83 Å². The van der Waals surface area contributed by atoms with Crippen LogP contribution in [-0.2, 0) is 9.84 Å². The lowest BCUT2D eigenvalue weighted by Gasteiger charge is -2.39. The molecule has 3 aliphatic rings. The molecule has 0 aromatic carbocycles. The molecule has 0 bridgehead atoms. The van der Waals surface area contributed by atoms with E-state index in [4.69, 9.17) is 0 Å². The van der Waals surface area contributed by atoms with Crippen LogP contribution in [0.1, 0.15) is 0 Å². The molecule has 14 heavy (non-hydrogen) atoms. The molecule has 3 fully saturated rings. The highest BCUT2D eigenvalue weighted by Gasteiger charge is 2.62. The van der Waals surface area contributed by atoms with E-state index in [-0.39, 0.29) is 0 Å². The highest BCUT2D eigenvalue weighted by molar-refractivity contribution is 9.09. The molecule has 0 amide bonds. The Bertz CT molecular complexity index is 339. The van der Waals surface area contributed by atoms with Crippen molar-refractivity contribution >= 4 is 25.8 Å². The van der Waals surface area contributed by atoms with Crippen LogP contribution in [0.25, 0.3) is 0 Å². The van der Waals surface area contributed by atoms with Crippen LogP contribution in [0.5, 0.6) is 0 Å². The lowest BCUT2D eigenvalue weighted by molar-refractivity contribution is -0.918. The Morgan fingerprint density at radius 3 is 2.07 bits per heavy atom. The Labute approximate surface area is 93.1 Å². The molecule has 1 saturated carbocycles. The van der Waals surface area contributed by atoms with Crippen LogP contribution in [0.3, 0.4) is 0 Å². The van der Waals surface area contributed by atoms with E-state index in [1.165, 1.54) is 13.1 Å². The van der Waals surface area contributed by atoms with Crippen LogP contribution in [0.4, 0.5) is 0 Å². The zero-order valence-corrected chi connectivity index (χ0v) is 10.4. The second kappa shape index (κ2) is 2.74. The molecule has 1 aliphatic carbocycles. The van der Waals surface area contributed by atoms with Gasteiger partial charge in [0, 0.05) is 16.7 Å². The molecule has 3 atom stereocenters. The zero-order chi connectivity index (χ0) is 9.97. The fraction of sp³-hybridized carbons (Fsp3) is 1.00. The van der Waals surface area contributed by atoms with Crippen molar-refractivity contribution < 1.29 is 12.9 Å². The minimum atomic E-state index is -2.69. The molecule has 5 heteroatoms. The number of alkyl halides is 1. The van der Waals surface area contributed by atoms with Crippen molar-refractivity contribution in [1.29, 1.82) is 0 Å². The largest absolute Gasteiger partial charge is 0.321 e. The first-order valence-electron chi connectivity index (χ1n) is 5.21. The number of sulfone groups is 1. The standard InChI is InChI=1S/C9H15BrNO2S/c10-9-7-5-11(6-8(7)9)1-3-14(12,13)4-2-11/h7-9H,1-6H2/q+1/t7-,8+,9?. The summed E-state index contributed by atoms with van der Waals surface area (Å²) in [5.41, 5.74) is 0. The summed E-state index contributed by atoms with van der Waals surface area (Å²) < 4.78 is 23.8. The molecule has 0 radical (unpaired) electrons. The number of halogens is 1. The summed E-state index contributed by atoms with van der Waals surface area (Å²) in [5, 5.41) is 0. The monoisotopic (exact) mass is 280 g/mol. The van der Waals surface area contributed by atoms with Gasteiger partial charge in [0.05, 0.1) is 37.7 Å². The summed E-state index contributed by atoms with van der Waals surface area (Å²) in [6, 6.07) is 0. The molecule has 0 aromatic heterocycles. The Hall–Kier alpha value is 0.390. The lowest BCUT2D eigenvalue weighted by atomic mass is 10.3. The first-order chi connectivity index (χ1) is 6.52. The van der Waals surface area contributed by atoms with Gasteiger partial charge in [-0.1, -0.05) is 15.9 Å². The van der Waals surface area contributed by atoms with Crippen molar-refractivity contribution in [3.8, 4) is 0 Å². The van der Waals surface area contributed by atoms with Gasteiger partial charge in [-0.15, -0.1) is 0 Å². The minimum absolute atomic E-state index is 0.416. The Morgan fingerprint density at radius 2 is 1.57 bits per heavy atom. The minimum Gasteiger partial charge on any atom is -0.321 e. The van der Waals surface area contributed by atoms with Crippen LogP contribution >= 0.6 is 15.9 Å². The number of nitrogens with zero attached hydrogens (tertiary/aromatic N) is 1. The average Bonchev–Trinajstić information content (AvgIpc) is 2.62. The van der Waals surface area contributed by atoms with Crippen LogP contribution in [0.2, 0.25) is 0 Å². The van der Waals surface area contributed by atoms with Gasteiger partial charge in [0.25, 0.3) is 0 Å². The van der Waals surface area contributed by atoms with E-state index in [1.54, 1.807) is 0 Å². The van der Waals surface area contributed by atoms with E-state index in [2.05, 4.69) is 15.9 Å². The Kier molecular flexibility index (Phi) is 1.88.